The summed E-state index contributed by atoms with van der Waals surface area (Å²) in [4.78, 5) is 8.64. The predicted molar refractivity (Wildman–Crippen MR) is 61.5 cm³/mol. The second-order valence-electron chi connectivity index (χ2n) is 3.88. The van der Waals surface area contributed by atoms with E-state index in [-0.39, 0.29) is 0 Å². The molecule has 0 unspecified atom stereocenters. The minimum Gasteiger partial charge on any atom is -0.310 e. The number of rotatable bonds is 3. The van der Waals surface area contributed by atoms with E-state index in [0.29, 0.717) is 6.04 Å². The van der Waals surface area contributed by atoms with Crippen LogP contribution in [0.1, 0.15) is 19.4 Å². The molecule has 2 aromatic rings. The highest BCUT2D eigenvalue weighted by atomic mass is 14.9. The Morgan fingerprint density at radius 2 is 2.00 bits per heavy atom. The van der Waals surface area contributed by atoms with Gasteiger partial charge in [-0.2, -0.15) is 0 Å². The normalized spacial score (nSPS) is 11.1. The van der Waals surface area contributed by atoms with Crippen molar-refractivity contribution >= 4 is 11.0 Å². The molecule has 1 heterocycles. The first-order valence-electron chi connectivity index (χ1n) is 5.19. The van der Waals surface area contributed by atoms with E-state index in [1.165, 1.54) is 5.56 Å². The monoisotopic (exact) mass is 201 g/mol. The summed E-state index contributed by atoms with van der Waals surface area (Å²) in [6, 6.07) is 6.58. The van der Waals surface area contributed by atoms with Crippen LogP contribution in [0.15, 0.2) is 30.6 Å². The fourth-order valence-electron chi connectivity index (χ4n) is 1.51. The van der Waals surface area contributed by atoms with Crippen molar-refractivity contribution in [2.24, 2.45) is 0 Å². The van der Waals surface area contributed by atoms with E-state index in [2.05, 4.69) is 35.2 Å². The number of aromatic nitrogens is 2. The molecule has 3 heteroatoms. The van der Waals surface area contributed by atoms with Gasteiger partial charge in [-0.15, -0.1) is 0 Å². The molecule has 1 aromatic heterocycles. The number of nitrogens with one attached hydrogen (secondary N) is 1. The summed E-state index contributed by atoms with van der Waals surface area (Å²) in [5, 5.41) is 3.39. The number of hydrogen-bond acceptors (Lipinski definition) is 3. The summed E-state index contributed by atoms with van der Waals surface area (Å²) in [6.45, 7) is 5.11. The van der Waals surface area contributed by atoms with Crippen LogP contribution in [-0.2, 0) is 6.54 Å². The molecule has 3 nitrogen and oxygen atoms in total. The van der Waals surface area contributed by atoms with Crippen molar-refractivity contribution in [3.8, 4) is 0 Å². The van der Waals surface area contributed by atoms with E-state index in [1.54, 1.807) is 12.4 Å². The molecule has 15 heavy (non-hydrogen) atoms. The second kappa shape index (κ2) is 4.36. The largest absolute Gasteiger partial charge is 0.310 e. The van der Waals surface area contributed by atoms with Gasteiger partial charge in [0.25, 0.3) is 0 Å². The Morgan fingerprint density at radius 3 is 2.80 bits per heavy atom. The SMILES string of the molecule is CC(C)NCc1cccc2nccnc12. The number of benzene rings is 1. The Hall–Kier alpha value is -1.48. The first-order chi connectivity index (χ1) is 7.27. The van der Waals surface area contributed by atoms with Crippen LogP contribution in [0, 0.1) is 0 Å². The van der Waals surface area contributed by atoms with Crippen molar-refractivity contribution in [1.82, 2.24) is 15.3 Å². The topological polar surface area (TPSA) is 37.8 Å². The summed E-state index contributed by atoms with van der Waals surface area (Å²) in [5.74, 6) is 0. The van der Waals surface area contributed by atoms with E-state index in [1.807, 2.05) is 12.1 Å². The lowest BCUT2D eigenvalue weighted by Crippen LogP contribution is -2.22. The fraction of sp³-hybridized carbons (Fsp3) is 0.333. The van der Waals surface area contributed by atoms with Crippen LogP contribution in [0.5, 0.6) is 0 Å². The molecule has 0 spiro atoms. The highest BCUT2D eigenvalue weighted by Crippen LogP contribution is 2.13. The molecule has 1 aromatic carbocycles. The molecular weight excluding hydrogens is 186 g/mol. The van der Waals surface area contributed by atoms with Crippen LogP contribution in [0.2, 0.25) is 0 Å². The van der Waals surface area contributed by atoms with Gasteiger partial charge < -0.3 is 5.32 Å². The quantitative estimate of drug-likeness (QED) is 0.826. The van der Waals surface area contributed by atoms with Gasteiger partial charge in [0.15, 0.2) is 0 Å². The zero-order valence-electron chi connectivity index (χ0n) is 9.07. The van der Waals surface area contributed by atoms with Crippen LogP contribution in [0.4, 0.5) is 0 Å². The average Bonchev–Trinajstić information content (AvgIpc) is 2.26. The summed E-state index contributed by atoms with van der Waals surface area (Å²) in [6.07, 6.45) is 3.46. The Labute approximate surface area is 89.6 Å². The van der Waals surface area contributed by atoms with Crippen molar-refractivity contribution in [3.05, 3.63) is 36.2 Å². The van der Waals surface area contributed by atoms with Crippen molar-refractivity contribution < 1.29 is 0 Å². The maximum atomic E-state index is 4.36. The van der Waals surface area contributed by atoms with Crippen molar-refractivity contribution in [1.29, 1.82) is 0 Å². The Morgan fingerprint density at radius 1 is 1.20 bits per heavy atom. The Kier molecular flexibility index (Phi) is 2.92. The molecular formula is C12H15N3. The second-order valence-corrected chi connectivity index (χ2v) is 3.88. The van der Waals surface area contributed by atoms with Crippen LogP contribution in [0.3, 0.4) is 0 Å². The molecule has 0 aliphatic rings. The number of para-hydroxylation sites is 1. The molecule has 78 valence electrons. The first-order valence-corrected chi connectivity index (χ1v) is 5.19. The number of nitrogens with zero attached hydrogens (tertiary/aromatic N) is 2. The molecule has 2 rings (SSSR count). The Balaban J connectivity index is 2.34. The molecule has 0 saturated heterocycles. The van der Waals surface area contributed by atoms with E-state index in [0.717, 1.165) is 17.6 Å². The van der Waals surface area contributed by atoms with Crippen LogP contribution in [0.25, 0.3) is 11.0 Å². The lowest BCUT2D eigenvalue weighted by Gasteiger charge is -2.09. The maximum absolute atomic E-state index is 4.36. The zero-order chi connectivity index (χ0) is 10.7. The Bertz CT molecular complexity index is 446. The average molecular weight is 201 g/mol. The van der Waals surface area contributed by atoms with Gasteiger partial charge in [-0.25, -0.2) is 0 Å². The third kappa shape index (κ3) is 2.30. The van der Waals surface area contributed by atoms with Gasteiger partial charge in [0.05, 0.1) is 11.0 Å². The van der Waals surface area contributed by atoms with Gasteiger partial charge in [0.1, 0.15) is 0 Å². The third-order valence-corrected chi connectivity index (χ3v) is 2.28. The summed E-state index contributed by atoms with van der Waals surface area (Å²) >= 11 is 0. The molecule has 0 amide bonds. The molecule has 1 N–H and O–H groups in total. The van der Waals surface area contributed by atoms with Gasteiger partial charge in [0, 0.05) is 25.0 Å². The van der Waals surface area contributed by atoms with Crippen molar-refractivity contribution in [2.45, 2.75) is 26.4 Å². The summed E-state index contributed by atoms with van der Waals surface area (Å²) < 4.78 is 0. The standard InChI is InChI=1S/C12H15N3/c1-9(2)15-8-10-4-3-5-11-12(10)14-7-6-13-11/h3-7,9,15H,8H2,1-2H3. The van der Waals surface area contributed by atoms with Crippen LogP contribution < -0.4 is 5.32 Å². The van der Waals surface area contributed by atoms with E-state index in [9.17, 15) is 0 Å². The highest BCUT2D eigenvalue weighted by Gasteiger charge is 2.02. The molecule has 0 atom stereocenters. The molecule has 0 aliphatic heterocycles. The summed E-state index contributed by atoms with van der Waals surface area (Å²) in [7, 11) is 0. The van der Waals surface area contributed by atoms with Gasteiger partial charge in [-0.1, -0.05) is 26.0 Å². The van der Waals surface area contributed by atoms with Crippen LogP contribution >= 0.6 is 0 Å². The van der Waals surface area contributed by atoms with Gasteiger partial charge in [-0.3, -0.25) is 9.97 Å². The molecule has 0 radical (unpaired) electrons. The van der Waals surface area contributed by atoms with E-state index < -0.39 is 0 Å². The minimum atomic E-state index is 0.483. The lowest BCUT2D eigenvalue weighted by atomic mass is 10.1. The molecule has 0 bridgehead atoms. The number of fused-ring (bicyclic) bond motifs is 1. The smallest absolute Gasteiger partial charge is 0.0931 e. The van der Waals surface area contributed by atoms with Crippen molar-refractivity contribution in [3.63, 3.8) is 0 Å². The van der Waals surface area contributed by atoms with E-state index in [4.69, 9.17) is 0 Å². The maximum Gasteiger partial charge on any atom is 0.0931 e. The van der Waals surface area contributed by atoms with Gasteiger partial charge in [-0.05, 0) is 11.6 Å². The number of hydrogen-bond donors (Lipinski definition) is 1. The fourth-order valence-corrected chi connectivity index (χ4v) is 1.51. The lowest BCUT2D eigenvalue weighted by molar-refractivity contribution is 0.590. The van der Waals surface area contributed by atoms with Crippen molar-refractivity contribution in [2.75, 3.05) is 0 Å². The van der Waals surface area contributed by atoms with E-state index >= 15 is 0 Å². The zero-order valence-corrected chi connectivity index (χ0v) is 9.07. The highest BCUT2D eigenvalue weighted by molar-refractivity contribution is 5.77. The minimum absolute atomic E-state index is 0.483. The first kappa shape index (κ1) is 10.1. The molecule has 0 fully saturated rings. The summed E-state index contributed by atoms with van der Waals surface area (Å²) in [5.41, 5.74) is 3.16. The predicted octanol–water partition coefficient (Wildman–Crippen LogP) is 2.13. The third-order valence-electron chi connectivity index (χ3n) is 2.28. The van der Waals surface area contributed by atoms with Gasteiger partial charge in [0.2, 0.25) is 0 Å². The molecule has 0 saturated carbocycles. The molecule has 0 aliphatic carbocycles. The van der Waals surface area contributed by atoms with Crippen LogP contribution in [-0.4, -0.2) is 16.0 Å². The van der Waals surface area contributed by atoms with Gasteiger partial charge >= 0.3 is 0 Å².